The first-order valence-electron chi connectivity index (χ1n) is 6.47. The normalized spacial score (nSPS) is 11.1. The summed E-state index contributed by atoms with van der Waals surface area (Å²) in [6, 6.07) is 3.71. The number of nitrogens with zero attached hydrogens (tertiary/aromatic N) is 1. The third kappa shape index (κ3) is 1.90. The summed E-state index contributed by atoms with van der Waals surface area (Å²) < 4.78 is 12.2. The van der Waals surface area contributed by atoms with E-state index in [1.54, 1.807) is 7.11 Å². The predicted octanol–water partition coefficient (Wildman–Crippen LogP) is 2.68. The molecule has 0 amide bonds. The van der Waals surface area contributed by atoms with Gasteiger partial charge >= 0.3 is 5.97 Å². The summed E-state index contributed by atoms with van der Waals surface area (Å²) in [5.74, 6) is 0.356. The van der Waals surface area contributed by atoms with Crippen LogP contribution in [0.4, 0.5) is 5.69 Å². The van der Waals surface area contributed by atoms with Crippen LogP contribution in [0.15, 0.2) is 12.1 Å². The maximum absolute atomic E-state index is 12.2. The molecule has 0 spiro atoms. The highest BCUT2D eigenvalue weighted by atomic mass is 16.5. The van der Waals surface area contributed by atoms with Crippen molar-refractivity contribution in [3.8, 4) is 5.75 Å². The summed E-state index contributed by atoms with van der Waals surface area (Å²) in [6.45, 7) is 4.07. The van der Waals surface area contributed by atoms with Crippen molar-refractivity contribution >= 4 is 22.6 Å². The molecule has 108 valence electrons. The molecule has 0 atom stereocenters. The molecule has 1 heterocycles. The van der Waals surface area contributed by atoms with Gasteiger partial charge in [0.1, 0.15) is 5.75 Å². The Hall–Kier alpha value is -2.17. The minimum Gasteiger partial charge on any atom is -0.495 e. The van der Waals surface area contributed by atoms with Gasteiger partial charge in [-0.05, 0) is 18.1 Å². The van der Waals surface area contributed by atoms with E-state index < -0.39 is 0 Å². The largest absolute Gasteiger partial charge is 0.495 e. The Morgan fingerprint density at radius 3 is 2.45 bits per heavy atom. The molecule has 20 heavy (non-hydrogen) atoms. The van der Waals surface area contributed by atoms with Crippen molar-refractivity contribution in [2.24, 2.45) is 7.05 Å². The zero-order valence-corrected chi connectivity index (χ0v) is 12.5. The number of methoxy groups -OCH3 is 2. The van der Waals surface area contributed by atoms with Crippen LogP contribution in [0.3, 0.4) is 0 Å². The number of carbonyl (C=O) groups excluding carboxylic acids is 1. The van der Waals surface area contributed by atoms with Gasteiger partial charge in [0.25, 0.3) is 0 Å². The van der Waals surface area contributed by atoms with E-state index >= 15 is 0 Å². The van der Waals surface area contributed by atoms with E-state index in [2.05, 4.69) is 0 Å². The molecule has 5 nitrogen and oxygen atoms in total. The van der Waals surface area contributed by atoms with Crippen LogP contribution < -0.4 is 10.5 Å². The standard InChI is InChI=1S/C15H20N2O3/c1-8(2)14-12(15(18)20-5)11-9(17(14)3)6-7-10(19-4)13(11)16/h6-8H,16H2,1-5H3. The Balaban J connectivity index is 2.96. The molecule has 0 saturated carbocycles. The van der Waals surface area contributed by atoms with Gasteiger partial charge in [0.15, 0.2) is 0 Å². The molecular formula is C15H20N2O3. The average molecular weight is 276 g/mol. The second-order valence-electron chi connectivity index (χ2n) is 5.04. The summed E-state index contributed by atoms with van der Waals surface area (Å²) in [4.78, 5) is 12.2. The summed E-state index contributed by atoms with van der Waals surface area (Å²) >= 11 is 0. The second-order valence-corrected chi connectivity index (χ2v) is 5.04. The van der Waals surface area contributed by atoms with E-state index in [1.807, 2.05) is 37.6 Å². The van der Waals surface area contributed by atoms with Crippen molar-refractivity contribution in [2.45, 2.75) is 19.8 Å². The molecule has 1 aromatic heterocycles. The number of nitrogens with two attached hydrogens (primary N) is 1. The highest BCUT2D eigenvalue weighted by Gasteiger charge is 2.26. The van der Waals surface area contributed by atoms with E-state index in [9.17, 15) is 4.79 Å². The molecule has 1 aromatic carbocycles. The molecule has 0 radical (unpaired) electrons. The highest BCUT2D eigenvalue weighted by Crippen LogP contribution is 2.38. The lowest BCUT2D eigenvalue weighted by Crippen LogP contribution is -2.08. The number of anilines is 1. The maximum Gasteiger partial charge on any atom is 0.340 e. The van der Waals surface area contributed by atoms with Gasteiger partial charge in [-0.15, -0.1) is 0 Å². The minimum absolute atomic E-state index is 0.173. The van der Waals surface area contributed by atoms with Crippen molar-refractivity contribution in [1.29, 1.82) is 0 Å². The fraction of sp³-hybridized carbons (Fsp3) is 0.400. The van der Waals surface area contributed by atoms with Crippen molar-refractivity contribution in [1.82, 2.24) is 4.57 Å². The van der Waals surface area contributed by atoms with Gasteiger partial charge in [-0.25, -0.2) is 4.79 Å². The summed E-state index contributed by atoms with van der Waals surface area (Å²) in [7, 11) is 4.86. The molecule has 0 unspecified atom stereocenters. The van der Waals surface area contributed by atoms with Crippen LogP contribution in [-0.2, 0) is 11.8 Å². The lowest BCUT2D eigenvalue weighted by atomic mass is 10.0. The van der Waals surface area contributed by atoms with E-state index in [-0.39, 0.29) is 11.9 Å². The number of hydrogen-bond acceptors (Lipinski definition) is 4. The Morgan fingerprint density at radius 2 is 1.95 bits per heavy atom. The first kappa shape index (κ1) is 14.2. The Kier molecular flexibility index (Phi) is 3.61. The number of hydrogen-bond donors (Lipinski definition) is 1. The highest BCUT2D eigenvalue weighted by molar-refractivity contribution is 6.11. The lowest BCUT2D eigenvalue weighted by molar-refractivity contribution is 0.0601. The molecule has 2 aromatic rings. The number of carbonyl (C=O) groups is 1. The molecule has 5 heteroatoms. The molecule has 2 N–H and O–H groups in total. The van der Waals surface area contributed by atoms with Crippen LogP contribution in [0.5, 0.6) is 5.75 Å². The number of nitrogen functional groups attached to an aromatic ring is 1. The van der Waals surface area contributed by atoms with E-state index in [1.165, 1.54) is 7.11 Å². The number of fused-ring (bicyclic) bond motifs is 1. The van der Waals surface area contributed by atoms with Gasteiger partial charge in [0.05, 0.1) is 31.0 Å². The van der Waals surface area contributed by atoms with Crippen molar-refractivity contribution in [3.05, 3.63) is 23.4 Å². The maximum atomic E-state index is 12.2. The number of aryl methyl sites for hydroxylation is 1. The number of aromatic nitrogens is 1. The zero-order chi connectivity index (χ0) is 15.0. The molecule has 2 rings (SSSR count). The van der Waals surface area contributed by atoms with Crippen LogP contribution in [0.1, 0.15) is 35.8 Å². The smallest absolute Gasteiger partial charge is 0.340 e. The molecule has 0 aliphatic rings. The Bertz CT molecular complexity index is 672. The fourth-order valence-corrected chi connectivity index (χ4v) is 2.72. The van der Waals surface area contributed by atoms with Crippen LogP contribution >= 0.6 is 0 Å². The second kappa shape index (κ2) is 5.07. The van der Waals surface area contributed by atoms with Gasteiger partial charge in [0, 0.05) is 18.1 Å². The van der Waals surface area contributed by atoms with Crippen LogP contribution in [0.25, 0.3) is 10.9 Å². The van der Waals surface area contributed by atoms with E-state index in [0.717, 1.165) is 11.2 Å². The number of rotatable bonds is 3. The van der Waals surface area contributed by atoms with E-state index in [0.29, 0.717) is 22.4 Å². The first-order chi connectivity index (χ1) is 9.43. The number of benzene rings is 1. The molecule has 0 aliphatic heterocycles. The predicted molar refractivity (Wildman–Crippen MR) is 79.3 cm³/mol. The van der Waals surface area contributed by atoms with E-state index in [4.69, 9.17) is 15.2 Å². The zero-order valence-electron chi connectivity index (χ0n) is 12.5. The lowest BCUT2D eigenvalue weighted by Gasteiger charge is -2.10. The van der Waals surface area contributed by atoms with Gasteiger partial charge in [-0.1, -0.05) is 13.8 Å². The van der Waals surface area contributed by atoms with Crippen LogP contribution in [0, 0.1) is 0 Å². The Morgan fingerprint density at radius 1 is 1.30 bits per heavy atom. The molecule has 0 fully saturated rings. The SMILES string of the molecule is COC(=O)c1c(C(C)C)n(C)c2ccc(OC)c(N)c12. The van der Waals surface area contributed by atoms with Crippen LogP contribution in [-0.4, -0.2) is 24.8 Å². The van der Waals surface area contributed by atoms with Gasteiger partial charge in [0.2, 0.25) is 0 Å². The summed E-state index contributed by atoms with van der Waals surface area (Å²) in [6.07, 6.45) is 0. The summed E-state index contributed by atoms with van der Waals surface area (Å²) in [5, 5.41) is 0.697. The molecular weight excluding hydrogens is 256 g/mol. The third-order valence-electron chi connectivity index (χ3n) is 3.57. The number of esters is 1. The monoisotopic (exact) mass is 276 g/mol. The van der Waals surface area contributed by atoms with Crippen molar-refractivity contribution < 1.29 is 14.3 Å². The van der Waals surface area contributed by atoms with Gasteiger partial charge in [-0.3, -0.25) is 0 Å². The minimum atomic E-state index is -0.376. The van der Waals surface area contributed by atoms with Crippen molar-refractivity contribution in [3.63, 3.8) is 0 Å². The van der Waals surface area contributed by atoms with Gasteiger partial charge in [-0.2, -0.15) is 0 Å². The molecule has 0 aliphatic carbocycles. The van der Waals surface area contributed by atoms with Crippen molar-refractivity contribution in [2.75, 3.05) is 20.0 Å². The topological polar surface area (TPSA) is 66.5 Å². The molecule has 0 saturated heterocycles. The number of ether oxygens (including phenoxy) is 2. The third-order valence-corrected chi connectivity index (χ3v) is 3.57. The Labute approximate surface area is 118 Å². The van der Waals surface area contributed by atoms with Gasteiger partial charge < -0.3 is 19.8 Å². The first-order valence-corrected chi connectivity index (χ1v) is 6.47. The summed E-state index contributed by atoms with van der Waals surface area (Å²) in [5.41, 5.74) is 8.95. The fourth-order valence-electron chi connectivity index (χ4n) is 2.72. The quantitative estimate of drug-likeness (QED) is 0.691. The van der Waals surface area contributed by atoms with Crippen LogP contribution in [0.2, 0.25) is 0 Å². The average Bonchev–Trinajstić information content (AvgIpc) is 2.72. The molecule has 0 bridgehead atoms.